The third-order valence-corrected chi connectivity index (χ3v) is 5.43. The van der Waals surface area contributed by atoms with E-state index in [2.05, 4.69) is 67.9 Å². The van der Waals surface area contributed by atoms with E-state index < -0.39 is 0 Å². The summed E-state index contributed by atoms with van der Waals surface area (Å²) in [6.07, 6.45) is 9.39. The molecule has 1 saturated heterocycles. The van der Waals surface area contributed by atoms with Gasteiger partial charge in [0.25, 0.3) is 0 Å². The fourth-order valence-corrected chi connectivity index (χ4v) is 3.96. The first-order valence-electron chi connectivity index (χ1n) is 9.11. The van der Waals surface area contributed by atoms with Crippen molar-refractivity contribution in [1.82, 2.24) is 29.9 Å². The van der Waals surface area contributed by atoms with Gasteiger partial charge in [0, 0.05) is 24.4 Å². The first-order valence-corrected chi connectivity index (χ1v) is 9.11. The summed E-state index contributed by atoms with van der Waals surface area (Å²) in [6.45, 7) is 2.10. The largest absolute Gasteiger partial charge is 0.326 e. The van der Waals surface area contributed by atoms with E-state index in [4.69, 9.17) is 0 Å². The van der Waals surface area contributed by atoms with Crippen LogP contribution in [-0.2, 0) is 0 Å². The van der Waals surface area contributed by atoms with E-state index in [0.29, 0.717) is 18.0 Å². The molecule has 0 radical (unpaired) electrons. The Morgan fingerprint density at radius 2 is 1.92 bits per heavy atom. The zero-order chi connectivity index (χ0) is 16.6. The molecule has 0 bridgehead atoms. The normalized spacial score (nSPS) is 23.7. The highest BCUT2D eigenvalue weighted by atomic mass is 15.4. The lowest BCUT2D eigenvalue weighted by atomic mass is 10.1. The van der Waals surface area contributed by atoms with Crippen molar-refractivity contribution in [1.29, 1.82) is 0 Å². The molecule has 1 saturated carbocycles. The Labute approximate surface area is 146 Å². The zero-order valence-corrected chi connectivity index (χ0v) is 14.1. The smallest absolute Gasteiger partial charge is 0.162 e. The van der Waals surface area contributed by atoms with Gasteiger partial charge in [0.1, 0.15) is 5.69 Å². The minimum absolute atomic E-state index is 0.448. The minimum Gasteiger partial charge on any atom is -0.326 e. The Morgan fingerprint density at radius 1 is 1.08 bits per heavy atom. The van der Waals surface area contributed by atoms with Crippen LogP contribution in [0.4, 0.5) is 0 Å². The van der Waals surface area contributed by atoms with Crippen molar-refractivity contribution in [3.8, 4) is 11.5 Å². The third kappa shape index (κ3) is 2.76. The number of imidazole rings is 1. The van der Waals surface area contributed by atoms with E-state index in [1.54, 1.807) is 0 Å². The number of nitrogens with one attached hydrogen (secondary N) is 1. The van der Waals surface area contributed by atoms with E-state index >= 15 is 0 Å². The molecule has 2 aliphatic rings. The molecular formula is C19H22N6. The zero-order valence-electron chi connectivity index (χ0n) is 14.1. The maximum absolute atomic E-state index is 4.57. The van der Waals surface area contributed by atoms with E-state index in [0.717, 1.165) is 43.9 Å². The van der Waals surface area contributed by atoms with Crippen molar-refractivity contribution < 1.29 is 0 Å². The molecule has 1 aromatic carbocycles. The molecule has 1 aliphatic carbocycles. The predicted molar refractivity (Wildman–Crippen MR) is 95.2 cm³/mol. The highest BCUT2D eigenvalue weighted by molar-refractivity contribution is 5.48. The van der Waals surface area contributed by atoms with Crippen molar-refractivity contribution in [2.75, 3.05) is 13.1 Å². The Kier molecular flexibility index (Phi) is 3.63. The number of aromatic nitrogens is 5. The highest BCUT2D eigenvalue weighted by Crippen LogP contribution is 2.52. The number of piperidine rings is 1. The standard InChI is InChI=1S/C19H22N6/c1-2-4-14(5-3-1)16-12-18(16)24-11-10-21-19(24)17-13-25(23-22-17)15-6-8-20-9-7-15/h1-5,10-11,13,15-16,18,20H,6-9,12H2. The summed E-state index contributed by atoms with van der Waals surface area (Å²) < 4.78 is 4.30. The predicted octanol–water partition coefficient (Wildman–Crippen LogP) is 2.79. The summed E-state index contributed by atoms with van der Waals surface area (Å²) in [5.74, 6) is 1.51. The van der Waals surface area contributed by atoms with Crippen molar-refractivity contribution in [2.24, 2.45) is 0 Å². The lowest BCUT2D eigenvalue weighted by molar-refractivity contribution is 0.337. The average molecular weight is 334 g/mol. The highest BCUT2D eigenvalue weighted by Gasteiger charge is 2.41. The third-order valence-electron chi connectivity index (χ3n) is 5.43. The van der Waals surface area contributed by atoms with Gasteiger partial charge in [0.2, 0.25) is 0 Å². The van der Waals surface area contributed by atoms with Crippen molar-refractivity contribution in [3.63, 3.8) is 0 Å². The second-order valence-corrected chi connectivity index (χ2v) is 7.04. The van der Waals surface area contributed by atoms with Gasteiger partial charge < -0.3 is 9.88 Å². The number of rotatable bonds is 4. The fraction of sp³-hybridized carbons (Fsp3) is 0.421. The maximum Gasteiger partial charge on any atom is 0.162 e. The lowest BCUT2D eigenvalue weighted by Crippen LogP contribution is -2.29. The Hall–Kier alpha value is -2.47. The number of nitrogens with zero attached hydrogens (tertiary/aromatic N) is 5. The summed E-state index contributed by atoms with van der Waals surface area (Å²) in [4.78, 5) is 4.57. The lowest BCUT2D eigenvalue weighted by Gasteiger charge is -2.22. The molecule has 2 fully saturated rings. The van der Waals surface area contributed by atoms with Crippen LogP contribution in [0.25, 0.3) is 11.5 Å². The molecule has 2 unspecified atom stereocenters. The van der Waals surface area contributed by atoms with Crippen LogP contribution in [0.1, 0.15) is 42.8 Å². The van der Waals surface area contributed by atoms with Crippen LogP contribution in [0, 0.1) is 0 Å². The maximum atomic E-state index is 4.57. The van der Waals surface area contributed by atoms with Crippen LogP contribution in [0.5, 0.6) is 0 Å². The second-order valence-electron chi connectivity index (χ2n) is 7.04. The van der Waals surface area contributed by atoms with E-state index in [1.165, 1.54) is 5.56 Å². The van der Waals surface area contributed by atoms with Crippen LogP contribution >= 0.6 is 0 Å². The van der Waals surface area contributed by atoms with Crippen LogP contribution in [0.15, 0.2) is 48.9 Å². The number of hydrogen-bond donors (Lipinski definition) is 1. The molecule has 0 spiro atoms. The molecule has 1 aliphatic heterocycles. The first kappa shape index (κ1) is 14.8. The van der Waals surface area contributed by atoms with Crippen molar-refractivity contribution >= 4 is 0 Å². The fourth-order valence-electron chi connectivity index (χ4n) is 3.96. The van der Waals surface area contributed by atoms with Crippen LogP contribution < -0.4 is 5.32 Å². The summed E-state index contributed by atoms with van der Waals surface area (Å²) >= 11 is 0. The topological polar surface area (TPSA) is 60.6 Å². The quantitative estimate of drug-likeness (QED) is 0.797. The number of benzene rings is 1. The number of hydrogen-bond acceptors (Lipinski definition) is 4. The molecule has 6 nitrogen and oxygen atoms in total. The average Bonchev–Trinajstić information content (AvgIpc) is 3.08. The Morgan fingerprint density at radius 3 is 2.76 bits per heavy atom. The summed E-state index contributed by atoms with van der Waals surface area (Å²) in [7, 11) is 0. The van der Waals surface area contributed by atoms with Gasteiger partial charge >= 0.3 is 0 Å². The Bertz CT molecular complexity index is 846. The van der Waals surface area contributed by atoms with E-state index in [-0.39, 0.29) is 0 Å². The van der Waals surface area contributed by atoms with Gasteiger partial charge in [-0.3, -0.25) is 0 Å². The monoisotopic (exact) mass is 334 g/mol. The van der Waals surface area contributed by atoms with Crippen LogP contribution in [0.3, 0.4) is 0 Å². The van der Waals surface area contributed by atoms with Crippen LogP contribution in [-0.4, -0.2) is 37.6 Å². The summed E-state index contributed by atoms with van der Waals surface area (Å²) in [6, 6.07) is 11.7. The second kappa shape index (κ2) is 6.11. The molecule has 2 atom stereocenters. The first-order chi connectivity index (χ1) is 12.4. The SMILES string of the molecule is c1ccc(C2CC2n2ccnc2-c2cn(C3CCNCC3)nn2)cc1. The summed E-state index contributed by atoms with van der Waals surface area (Å²) in [5.41, 5.74) is 2.28. The van der Waals surface area contributed by atoms with Crippen molar-refractivity contribution in [2.45, 2.75) is 37.3 Å². The minimum atomic E-state index is 0.448. The van der Waals surface area contributed by atoms with Gasteiger partial charge in [0.15, 0.2) is 5.82 Å². The van der Waals surface area contributed by atoms with Crippen molar-refractivity contribution in [3.05, 3.63) is 54.5 Å². The molecule has 2 aromatic heterocycles. The molecule has 0 amide bonds. The van der Waals surface area contributed by atoms with E-state index in [9.17, 15) is 0 Å². The summed E-state index contributed by atoms with van der Waals surface area (Å²) in [5, 5.41) is 12.2. The van der Waals surface area contributed by atoms with E-state index in [1.807, 2.05) is 10.9 Å². The van der Waals surface area contributed by atoms with Gasteiger partial charge in [-0.05, 0) is 37.9 Å². The van der Waals surface area contributed by atoms with Gasteiger partial charge in [-0.1, -0.05) is 35.5 Å². The molecule has 1 N–H and O–H groups in total. The molecule has 3 aromatic rings. The van der Waals surface area contributed by atoms with Gasteiger partial charge in [-0.25, -0.2) is 9.67 Å². The van der Waals surface area contributed by atoms with Gasteiger partial charge in [-0.15, -0.1) is 5.10 Å². The Balaban J connectivity index is 1.38. The molecule has 5 rings (SSSR count). The molecule has 6 heteroatoms. The molecular weight excluding hydrogens is 312 g/mol. The molecule has 3 heterocycles. The van der Waals surface area contributed by atoms with Gasteiger partial charge in [-0.2, -0.15) is 0 Å². The molecule has 128 valence electrons. The van der Waals surface area contributed by atoms with Crippen LogP contribution in [0.2, 0.25) is 0 Å². The van der Waals surface area contributed by atoms with Gasteiger partial charge in [0.05, 0.1) is 12.2 Å². The molecule has 25 heavy (non-hydrogen) atoms.